The fraction of sp³-hybridized carbons (Fsp3) is 0.923. The van der Waals surface area contributed by atoms with Crippen molar-refractivity contribution in [3.63, 3.8) is 0 Å². The van der Waals surface area contributed by atoms with E-state index < -0.39 is 0 Å². The Balaban J connectivity index is 2.15. The van der Waals surface area contributed by atoms with Crippen LogP contribution in [0.15, 0.2) is 0 Å². The number of carbonyl (C=O) groups excluding carboxylic acids is 1. The van der Waals surface area contributed by atoms with Gasteiger partial charge in [-0.3, -0.25) is 4.79 Å². The summed E-state index contributed by atoms with van der Waals surface area (Å²) in [4.78, 5) is 14.0. The Labute approximate surface area is 105 Å². The number of amides is 1. The molecule has 0 aromatic heterocycles. The quantitative estimate of drug-likeness (QED) is 0.728. The second-order valence-corrected chi connectivity index (χ2v) is 5.04. The lowest BCUT2D eigenvalue weighted by Crippen LogP contribution is -2.46. The van der Waals surface area contributed by atoms with E-state index >= 15 is 0 Å². The first-order valence-corrected chi connectivity index (χ1v) is 6.87. The molecule has 1 fully saturated rings. The predicted molar refractivity (Wildman–Crippen MR) is 71.0 cm³/mol. The van der Waals surface area contributed by atoms with E-state index in [4.69, 9.17) is 0 Å². The average molecular weight is 241 g/mol. The summed E-state index contributed by atoms with van der Waals surface area (Å²) >= 11 is 0. The third-order valence-electron chi connectivity index (χ3n) is 3.62. The van der Waals surface area contributed by atoms with Crippen molar-refractivity contribution >= 4 is 5.91 Å². The van der Waals surface area contributed by atoms with Crippen LogP contribution in [0.5, 0.6) is 0 Å². The molecule has 0 aliphatic carbocycles. The van der Waals surface area contributed by atoms with Gasteiger partial charge in [0.2, 0.25) is 5.91 Å². The fourth-order valence-electron chi connectivity index (χ4n) is 2.22. The molecule has 0 aromatic rings. The number of likely N-dealkylation sites (tertiary alicyclic amines) is 1. The van der Waals surface area contributed by atoms with Gasteiger partial charge < -0.3 is 15.5 Å². The van der Waals surface area contributed by atoms with Gasteiger partial charge in [-0.2, -0.15) is 0 Å². The van der Waals surface area contributed by atoms with Crippen molar-refractivity contribution in [1.29, 1.82) is 0 Å². The number of hydrogen-bond donors (Lipinski definition) is 2. The highest BCUT2D eigenvalue weighted by Gasteiger charge is 2.17. The van der Waals surface area contributed by atoms with Crippen LogP contribution < -0.4 is 10.6 Å². The minimum atomic E-state index is 0.137. The van der Waals surface area contributed by atoms with Gasteiger partial charge in [0.25, 0.3) is 0 Å². The normalized spacial score (nSPS) is 18.6. The third kappa shape index (κ3) is 5.50. The summed E-state index contributed by atoms with van der Waals surface area (Å²) in [6.07, 6.45) is 4.32. The maximum atomic E-state index is 11.7. The Morgan fingerprint density at radius 3 is 2.41 bits per heavy atom. The lowest BCUT2D eigenvalue weighted by molar-refractivity contribution is -0.121. The van der Waals surface area contributed by atoms with Crippen LogP contribution in [0, 0.1) is 0 Å². The van der Waals surface area contributed by atoms with E-state index in [0.717, 1.165) is 38.8 Å². The van der Waals surface area contributed by atoms with Gasteiger partial charge in [0.15, 0.2) is 0 Å². The Hall–Kier alpha value is -0.610. The number of carbonyl (C=O) groups is 1. The summed E-state index contributed by atoms with van der Waals surface area (Å²) in [6, 6.07) is 0.848. The van der Waals surface area contributed by atoms with E-state index in [-0.39, 0.29) is 5.91 Å². The summed E-state index contributed by atoms with van der Waals surface area (Å²) < 4.78 is 0. The zero-order valence-electron chi connectivity index (χ0n) is 11.5. The molecule has 0 bridgehead atoms. The van der Waals surface area contributed by atoms with Gasteiger partial charge in [-0.25, -0.2) is 0 Å². The van der Waals surface area contributed by atoms with Crippen LogP contribution in [0.2, 0.25) is 0 Å². The van der Waals surface area contributed by atoms with E-state index in [1.54, 1.807) is 0 Å². The Bertz CT molecular complexity index is 221. The minimum Gasteiger partial charge on any atom is -0.352 e. The summed E-state index contributed by atoms with van der Waals surface area (Å²) in [5, 5.41) is 6.41. The lowest BCUT2D eigenvalue weighted by atomic mass is 10.1. The maximum absolute atomic E-state index is 11.7. The molecule has 4 heteroatoms. The molecule has 17 heavy (non-hydrogen) atoms. The maximum Gasteiger partial charge on any atom is 0.234 e. The first-order valence-electron chi connectivity index (χ1n) is 6.87. The van der Waals surface area contributed by atoms with Crippen molar-refractivity contribution in [3.05, 3.63) is 0 Å². The molecular weight excluding hydrogens is 214 g/mol. The van der Waals surface area contributed by atoms with Crippen molar-refractivity contribution in [1.82, 2.24) is 15.5 Å². The molecule has 4 nitrogen and oxygen atoms in total. The molecule has 0 atom stereocenters. The smallest absolute Gasteiger partial charge is 0.234 e. The Morgan fingerprint density at radius 1 is 1.29 bits per heavy atom. The minimum absolute atomic E-state index is 0.137. The Morgan fingerprint density at radius 2 is 1.88 bits per heavy atom. The Kier molecular flexibility index (Phi) is 6.52. The molecule has 0 saturated carbocycles. The number of rotatable bonds is 6. The number of nitrogens with one attached hydrogen (secondary N) is 2. The molecule has 1 aliphatic heterocycles. The average Bonchev–Trinajstić information content (AvgIpc) is 2.35. The molecule has 1 heterocycles. The summed E-state index contributed by atoms with van der Waals surface area (Å²) in [5.74, 6) is 0.137. The summed E-state index contributed by atoms with van der Waals surface area (Å²) in [6.45, 7) is 6.94. The summed E-state index contributed by atoms with van der Waals surface area (Å²) in [7, 11) is 2.15. The topological polar surface area (TPSA) is 44.4 Å². The molecule has 2 N–H and O–H groups in total. The van der Waals surface area contributed by atoms with Crippen LogP contribution in [0.4, 0.5) is 0 Å². The highest BCUT2D eigenvalue weighted by Crippen LogP contribution is 2.07. The van der Waals surface area contributed by atoms with Crippen LogP contribution in [-0.4, -0.2) is 49.6 Å². The van der Waals surface area contributed by atoms with E-state index in [9.17, 15) is 4.79 Å². The first-order chi connectivity index (χ1) is 8.15. The van der Waals surface area contributed by atoms with Crippen LogP contribution >= 0.6 is 0 Å². The SMILES string of the molecule is CCC(CC)NC(=O)CNC1CCN(C)CC1. The number of nitrogens with zero attached hydrogens (tertiary/aromatic N) is 1. The molecule has 0 spiro atoms. The second kappa shape index (κ2) is 7.67. The third-order valence-corrected chi connectivity index (χ3v) is 3.62. The molecule has 1 saturated heterocycles. The van der Waals surface area contributed by atoms with Gasteiger partial charge in [-0.15, -0.1) is 0 Å². The fourth-order valence-corrected chi connectivity index (χ4v) is 2.22. The second-order valence-electron chi connectivity index (χ2n) is 5.04. The molecular formula is C13H27N3O. The highest BCUT2D eigenvalue weighted by atomic mass is 16.1. The van der Waals surface area contributed by atoms with E-state index in [0.29, 0.717) is 18.6 Å². The lowest BCUT2D eigenvalue weighted by Gasteiger charge is -2.29. The monoisotopic (exact) mass is 241 g/mol. The molecule has 1 amide bonds. The molecule has 0 unspecified atom stereocenters. The molecule has 0 radical (unpaired) electrons. The molecule has 0 aromatic carbocycles. The zero-order valence-corrected chi connectivity index (χ0v) is 11.5. The van der Waals surface area contributed by atoms with Gasteiger partial charge in [0, 0.05) is 12.1 Å². The van der Waals surface area contributed by atoms with Gasteiger partial charge in [-0.1, -0.05) is 13.8 Å². The van der Waals surface area contributed by atoms with Crippen molar-refractivity contribution in [2.24, 2.45) is 0 Å². The van der Waals surface area contributed by atoms with Crippen LogP contribution in [0.1, 0.15) is 39.5 Å². The summed E-state index contributed by atoms with van der Waals surface area (Å²) in [5.41, 5.74) is 0. The van der Waals surface area contributed by atoms with E-state index in [1.165, 1.54) is 0 Å². The largest absolute Gasteiger partial charge is 0.352 e. The van der Waals surface area contributed by atoms with Gasteiger partial charge in [0.1, 0.15) is 0 Å². The zero-order chi connectivity index (χ0) is 12.7. The molecule has 1 aliphatic rings. The van der Waals surface area contributed by atoms with Crippen LogP contribution in [0.25, 0.3) is 0 Å². The molecule has 1 rings (SSSR count). The van der Waals surface area contributed by atoms with Gasteiger partial charge >= 0.3 is 0 Å². The van der Waals surface area contributed by atoms with Gasteiger partial charge in [0.05, 0.1) is 6.54 Å². The van der Waals surface area contributed by atoms with Crippen LogP contribution in [0.3, 0.4) is 0 Å². The van der Waals surface area contributed by atoms with Crippen molar-refractivity contribution in [3.8, 4) is 0 Å². The predicted octanol–water partition coefficient (Wildman–Crippen LogP) is 0.975. The standard InChI is InChI=1S/C13H27N3O/c1-4-11(5-2)15-13(17)10-14-12-6-8-16(3)9-7-12/h11-12,14H,4-10H2,1-3H3,(H,15,17). The van der Waals surface area contributed by atoms with E-state index in [1.807, 2.05) is 0 Å². The number of piperidine rings is 1. The van der Waals surface area contributed by atoms with E-state index in [2.05, 4.69) is 36.4 Å². The first kappa shape index (κ1) is 14.5. The van der Waals surface area contributed by atoms with Crippen molar-refractivity contribution in [2.45, 2.75) is 51.6 Å². The highest BCUT2D eigenvalue weighted by molar-refractivity contribution is 5.78. The van der Waals surface area contributed by atoms with Gasteiger partial charge in [-0.05, 0) is 45.8 Å². The van der Waals surface area contributed by atoms with Crippen molar-refractivity contribution < 1.29 is 4.79 Å². The molecule has 100 valence electrons. The number of hydrogen-bond acceptors (Lipinski definition) is 3. The van der Waals surface area contributed by atoms with Crippen LogP contribution in [-0.2, 0) is 4.79 Å². The van der Waals surface area contributed by atoms with Crippen molar-refractivity contribution in [2.75, 3.05) is 26.7 Å².